The zero-order valence-corrected chi connectivity index (χ0v) is 21.3. The summed E-state index contributed by atoms with van der Waals surface area (Å²) >= 11 is 0. The number of nitrogens with zero attached hydrogens (tertiary/aromatic N) is 7. The van der Waals surface area contributed by atoms with E-state index in [2.05, 4.69) is 20.5 Å². The molecule has 2 aliphatic rings. The van der Waals surface area contributed by atoms with Crippen LogP contribution in [0.3, 0.4) is 0 Å². The van der Waals surface area contributed by atoms with Crippen molar-refractivity contribution in [1.29, 1.82) is 0 Å². The van der Waals surface area contributed by atoms with E-state index in [0.717, 1.165) is 10.5 Å². The SMILES string of the molecule is O=C1CCN1C(=O)c1ccc(COCCOCCn2cc(COc3ccc(N4C(=O)N=NC4=O)cc3)nn2)cc1. The van der Waals surface area contributed by atoms with Gasteiger partial charge in [0.25, 0.3) is 5.91 Å². The first-order valence-corrected chi connectivity index (χ1v) is 12.5. The molecule has 0 unspecified atom stereocenters. The van der Waals surface area contributed by atoms with Crippen LogP contribution < -0.4 is 9.64 Å². The Morgan fingerprint density at radius 2 is 1.57 bits per heavy atom. The van der Waals surface area contributed by atoms with Crippen LogP contribution in [-0.2, 0) is 34.0 Å². The van der Waals surface area contributed by atoms with Gasteiger partial charge >= 0.3 is 12.1 Å². The average molecular weight is 548 g/mol. The molecule has 1 aromatic heterocycles. The molecule has 14 heteroatoms. The third-order valence-electron chi connectivity index (χ3n) is 6.07. The fraction of sp³-hybridized carbons (Fsp3) is 0.308. The molecule has 206 valence electrons. The maximum Gasteiger partial charge on any atom is 0.375 e. The fourth-order valence-electron chi connectivity index (χ4n) is 3.84. The summed E-state index contributed by atoms with van der Waals surface area (Å²) in [5.41, 5.74) is 2.39. The third-order valence-corrected chi connectivity index (χ3v) is 6.07. The molecule has 0 aliphatic carbocycles. The molecule has 3 heterocycles. The minimum Gasteiger partial charge on any atom is -0.487 e. The van der Waals surface area contributed by atoms with E-state index < -0.39 is 12.1 Å². The van der Waals surface area contributed by atoms with Gasteiger partial charge in [0.1, 0.15) is 18.1 Å². The molecule has 0 bridgehead atoms. The number of azo groups is 1. The Morgan fingerprint density at radius 3 is 2.25 bits per heavy atom. The van der Waals surface area contributed by atoms with Gasteiger partial charge in [-0.05, 0) is 42.0 Å². The first-order valence-electron chi connectivity index (χ1n) is 12.5. The van der Waals surface area contributed by atoms with E-state index in [1.54, 1.807) is 47.3 Å². The van der Waals surface area contributed by atoms with Gasteiger partial charge < -0.3 is 14.2 Å². The van der Waals surface area contributed by atoms with Crippen LogP contribution in [0.15, 0.2) is 65.0 Å². The van der Waals surface area contributed by atoms with Crippen LogP contribution in [0, 0.1) is 0 Å². The number of aromatic nitrogens is 3. The zero-order chi connectivity index (χ0) is 27.9. The second-order valence-electron chi connectivity index (χ2n) is 8.82. The Bertz CT molecular complexity index is 1400. The number of β-lactam (4-membered cyclic amide) rings is 1. The monoisotopic (exact) mass is 547 g/mol. The molecule has 0 spiro atoms. The number of amides is 6. The molecule has 0 saturated carbocycles. The van der Waals surface area contributed by atoms with Crippen molar-refractivity contribution in [3.63, 3.8) is 0 Å². The molecule has 1 fully saturated rings. The van der Waals surface area contributed by atoms with Gasteiger partial charge in [-0.1, -0.05) is 27.6 Å². The van der Waals surface area contributed by atoms with Gasteiger partial charge in [-0.3, -0.25) is 14.5 Å². The summed E-state index contributed by atoms with van der Waals surface area (Å²) in [5.74, 6) is 0.130. The quantitative estimate of drug-likeness (QED) is 0.178. The van der Waals surface area contributed by atoms with Crippen LogP contribution in [0.25, 0.3) is 0 Å². The van der Waals surface area contributed by atoms with Crippen molar-refractivity contribution in [2.75, 3.05) is 31.3 Å². The number of ether oxygens (including phenoxy) is 3. The summed E-state index contributed by atoms with van der Waals surface area (Å²) in [7, 11) is 0. The lowest BCUT2D eigenvalue weighted by molar-refractivity contribution is -0.135. The average Bonchev–Trinajstić information content (AvgIpc) is 3.56. The van der Waals surface area contributed by atoms with Gasteiger partial charge in [-0.15, -0.1) is 5.10 Å². The molecule has 6 amide bonds. The molecule has 5 rings (SSSR count). The Hall–Kier alpha value is -4.82. The summed E-state index contributed by atoms with van der Waals surface area (Å²) in [5, 5.41) is 14.6. The molecular weight excluding hydrogens is 522 g/mol. The van der Waals surface area contributed by atoms with Crippen LogP contribution in [0.1, 0.15) is 28.0 Å². The molecule has 2 aliphatic heterocycles. The molecule has 0 atom stereocenters. The van der Waals surface area contributed by atoms with Gasteiger partial charge in [0.2, 0.25) is 5.91 Å². The van der Waals surface area contributed by atoms with E-state index in [0.29, 0.717) is 68.6 Å². The number of benzene rings is 2. The van der Waals surface area contributed by atoms with Gasteiger partial charge in [-0.2, -0.15) is 0 Å². The van der Waals surface area contributed by atoms with E-state index in [9.17, 15) is 19.2 Å². The van der Waals surface area contributed by atoms with Crippen LogP contribution in [-0.4, -0.2) is 70.1 Å². The Balaban J connectivity index is 0.944. The molecule has 40 heavy (non-hydrogen) atoms. The van der Waals surface area contributed by atoms with E-state index >= 15 is 0 Å². The summed E-state index contributed by atoms with van der Waals surface area (Å²) in [6.07, 6.45) is 2.18. The predicted molar refractivity (Wildman–Crippen MR) is 137 cm³/mol. The summed E-state index contributed by atoms with van der Waals surface area (Å²) in [4.78, 5) is 48.9. The third kappa shape index (κ3) is 6.42. The Morgan fingerprint density at radius 1 is 0.850 bits per heavy atom. The van der Waals surface area contributed by atoms with Crippen molar-refractivity contribution in [3.05, 3.63) is 71.5 Å². The number of hydrogen-bond donors (Lipinski definition) is 0. The van der Waals surface area contributed by atoms with E-state index in [4.69, 9.17) is 14.2 Å². The number of likely N-dealkylation sites (tertiary alicyclic amines) is 1. The van der Waals surface area contributed by atoms with Crippen LogP contribution in [0.2, 0.25) is 0 Å². The van der Waals surface area contributed by atoms with Crippen LogP contribution in [0.4, 0.5) is 15.3 Å². The number of hydrogen-bond acceptors (Lipinski definition) is 9. The molecule has 0 N–H and O–H groups in total. The Labute approximate surface area is 228 Å². The van der Waals surface area contributed by atoms with Crippen molar-refractivity contribution >= 4 is 29.6 Å². The smallest absolute Gasteiger partial charge is 0.375 e. The lowest BCUT2D eigenvalue weighted by atomic mass is 10.1. The van der Waals surface area contributed by atoms with E-state index in [1.165, 1.54) is 4.90 Å². The summed E-state index contributed by atoms with van der Waals surface area (Å²) in [6.45, 7) is 2.79. The number of urea groups is 2. The number of imide groups is 2. The standard InChI is InChI=1S/C26H25N7O7/c34-23-9-10-32(23)24(35)19-3-1-18(2-4-19)16-39-14-13-38-12-11-31-15-20(27-30-31)17-40-22-7-5-21(6-8-22)33-25(36)28-29-26(33)37/h1-8,15H,9-14,16-17H2. The second kappa shape index (κ2) is 12.4. The van der Waals surface area contributed by atoms with Crippen molar-refractivity contribution in [3.8, 4) is 5.75 Å². The van der Waals surface area contributed by atoms with Gasteiger partial charge in [0, 0.05) is 18.5 Å². The van der Waals surface area contributed by atoms with Crippen molar-refractivity contribution < 1.29 is 33.4 Å². The molecule has 3 aromatic rings. The van der Waals surface area contributed by atoms with Gasteiger partial charge in [0.15, 0.2) is 0 Å². The van der Waals surface area contributed by atoms with Crippen LogP contribution in [0.5, 0.6) is 5.75 Å². The van der Waals surface area contributed by atoms with Gasteiger partial charge in [-0.25, -0.2) is 19.2 Å². The number of rotatable bonds is 13. The molecular formula is C26H25N7O7. The highest BCUT2D eigenvalue weighted by Crippen LogP contribution is 2.24. The molecule has 2 aromatic carbocycles. The maximum absolute atomic E-state index is 12.2. The lowest BCUT2D eigenvalue weighted by Gasteiger charge is -2.28. The zero-order valence-electron chi connectivity index (χ0n) is 21.3. The van der Waals surface area contributed by atoms with Crippen molar-refractivity contribution in [1.82, 2.24) is 19.9 Å². The largest absolute Gasteiger partial charge is 0.487 e. The number of anilines is 1. The highest BCUT2D eigenvalue weighted by atomic mass is 16.5. The summed E-state index contributed by atoms with van der Waals surface area (Å²) < 4.78 is 18.6. The summed E-state index contributed by atoms with van der Waals surface area (Å²) in [6, 6.07) is 11.9. The van der Waals surface area contributed by atoms with Crippen molar-refractivity contribution in [2.24, 2.45) is 10.2 Å². The minimum atomic E-state index is -0.730. The highest BCUT2D eigenvalue weighted by molar-refractivity contribution is 6.17. The van der Waals surface area contributed by atoms with Gasteiger partial charge in [0.05, 0.1) is 44.9 Å². The highest BCUT2D eigenvalue weighted by Gasteiger charge is 2.30. The van der Waals surface area contributed by atoms with E-state index in [-0.39, 0.29) is 18.4 Å². The number of carbonyl (C=O) groups is 4. The topological polar surface area (TPSA) is 158 Å². The minimum absolute atomic E-state index is 0.137. The first kappa shape index (κ1) is 26.8. The molecule has 0 radical (unpaired) electrons. The van der Waals surface area contributed by atoms with Crippen LogP contribution >= 0.6 is 0 Å². The van der Waals surface area contributed by atoms with Crippen molar-refractivity contribution in [2.45, 2.75) is 26.2 Å². The maximum atomic E-state index is 12.2. The lowest BCUT2D eigenvalue weighted by Crippen LogP contribution is -2.47. The Kier molecular flexibility index (Phi) is 8.27. The first-order chi connectivity index (χ1) is 19.5. The normalized spacial score (nSPS) is 14.7. The number of carbonyl (C=O) groups excluding carboxylic acids is 4. The molecule has 14 nitrogen and oxygen atoms in total. The fourth-order valence-corrected chi connectivity index (χ4v) is 3.84. The second-order valence-corrected chi connectivity index (χ2v) is 8.82. The predicted octanol–water partition coefficient (Wildman–Crippen LogP) is 2.98. The van der Waals surface area contributed by atoms with E-state index in [1.807, 2.05) is 12.1 Å². The molecule has 1 saturated heterocycles.